The summed E-state index contributed by atoms with van der Waals surface area (Å²) in [6.07, 6.45) is 6.38. The van der Waals surface area contributed by atoms with E-state index in [0.717, 1.165) is 6.54 Å². The number of hydrogen-bond donors (Lipinski definition) is 0. The van der Waals surface area contributed by atoms with Crippen LogP contribution in [0, 0.1) is 6.92 Å². The standard InChI is InChI=1S/C14H15N2/c1-3-15-9-10-16-8-7-12-6-4-5-11(2)13(12)14(15)16/h4-10H,3H2,1-2H3/q+1. The lowest BCUT2D eigenvalue weighted by atomic mass is 10.1. The van der Waals surface area contributed by atoms with Gasteiger partial charge < -0.3 is 0 Å². The minimum absolute atomic E-state index is 1.00. The lowest BCUT2D eigenvalue weighted by Gasteiger charge is -2.01. The Morgan fingerprint density at radius 2 is 2.06 bits per heavy atom. The maximum atomic E-state index is 2.29. The highest BCUT2D eigenvalue weighted by molar-refractivity contribution is 5.95. The van der Waals surface area contributed by atoms with E-state index in [1.165, 1.54) is 22.0 Å². The van der Waals surface area contributed by atoms with Crippen LogP contribution in [0.5, 0.6) is 0 Å². The van der Waals surface area contributed by atoms with Crippen molar-refractivity contribution in [3.63, 3.8) is 0 Å². The number of benzene rings is 1. The molecule has 0 saturated carbocycles. The van der Waals surface area contributed by atoms with Gasteiger partial charge in [0, 0.05) is 0 Å². The van der Waals surface area contributed by atoms with Gasteiger partial charge in [0.25, 0.3) is 5.65 Å². The van der Waals surface area contributed by atoms with Crippen molar-refractivity contribution in [1.29, 1.82) is 0 Å². The van der Waals surface area contributed by atoms with Crippen LogP contribution in [0.2, 0.25) is 0 Å². The van der Waals surface area contributed by atoms with Gasteiger partial charge in [-0.2, -0.15) is 0 Å². The average Bonchev–Trinajstić information content (AvgIpc) is 2.72. The Labute approximate surface area is 94.8 Å². The molecule has 2 heterocycles. The van der Waals surface area contributed by atoms with E-state index in [1.807, 2.05) is 0 Å². The molecule has 3 aromatic rings. The van der Waals surface area contributed by atoms with Gasteiger partial charge in [-0.05, 0) is 30.9 Å². The molecule has 0 aliphatic rings. The minimum Gasteiger partial charge on any atom is -0.230 e. The number of rotatable bonds is 1. The molecule has 16 heavy (non-hydrogen) atoms. The zero-order valence-corrected chi connectivity index (χ0v) is 9.64. The molecule has 1 aromatic carbocycles. The number of aromatic nitrogens is 2. The minimum atomic E-state index is 1.00. The molecule has 3 rings (SSSR count). The third kappa shape index (κ3) is 1.16. The monoisotopic (exact) mass is 211 g/mol. The normalized spacial score (nSPS) is 11.4. The molecule has 0 unspecified atom stereocenters. The molecule has 0 amide bonds. The van der Waals surface area contributed by atoms with Crippen LogP contribution in [-0.2, 0) is 6.54 Å². The summed E-state index contributed by atoms with van der Waals surface area (Å²) in [4.78, 5) is 0. The maximum Gasteiger partial charge on any atom is 0.294 e. The fourth-order valence-corrected chi connectivity index (χ4v) is 2.39. The Balaban J connectivity index is 2.60. The van der Waals surface area contributed by atoms with Gasteiger partial charge >= 0.3 is 0 Å². The van der Waals surface area contributed by atoms with Gasteiger partial charge in [0.05, 0.1) is 18.1 Å². The first-order valence-corrected chi connectivity index (χ1v) is 5.69. The summed E-state index contributed by atoms with van der Waals surface area (Å²) in [7, 11) is 0. The van der Waals surface area contributed by atoms with Crippen LogP contribution >= 0.6 is 0 Å². The summed E-state index contributed by atoms with van der Waals surface area (Å²) in [6.45, 7) is 5.36. The first kappa shape index (κ1) is 9.40. The predicted molar refractivity (Wildman–Crippen MR) is 65.5 cm³/mol. The van der Waals surface area contributed by atoms with Crippen LogP contribution in [0.15, 0.2) is 42.9 Å². The van der Waals surface area contributed by atoms with Gasteiger partial charge in [0.15, 0.2) is 0 Å². The van der Waals surface area contributed by atoms with E-state index in [-0.39, 0.29) is 0 Å². The SMILES string of the molecule is CC[n+]1ccn2ccc3cccc(C)c3c21. The van der Waals surface area contributed by atoms with Gasteiger partial charge in [-0.25, -0.2) is 8.97 Å². The molecule has 0 aliphatic carbocycles. The zero-order valence-electron chi connectivity index (χ0n) is 9.64. The van der Waals surface area contributed by atoms with Crippen LogP contribution in [0.3, 0.4) is 0 Å². The number of nitrogens with zero attached hydrogens (tertiary/aromatic N) is 2. The van der Waals surface area contributed by atoms with Crippen LogP contribution in [0.25, 0.3) is 16.4 Å². The van der Waals surface area contributed by atoms with E-state index in [2.05, 4.69) is 65.7 Å². The fourth-order valence-electron chi connectivity index (χ4n) is 2.39. The summed E-state index contributed by atoms with van der Waals surface area (Å²) >= 11 is 0. The van der Waals surface area contributed by atoms with Gasteiger partial charge in [-0.1, -0.05) is 18.2 Å². The van der Waals surface area contributed by atoms with Crippen molar-refractivity contribution in [3.05, 3.63) is 48.4 Å². The van der Waals surface area contributed by atoms with Gasteiger partial charge in [0.2, 0.25) is 0 Å². The first-order valence-electron chi connectivity index (χ1n) is 5.69. The summed E-state index contributed by atoms with van der Waals surface area (Å²) in [6, 6.07) is 8.65. The van der Waals surface area contributed by atoms with Crippen molar-refractivity contribution >= 4 is 16.4 Å². The Hall–Kier alpha value is -1.83. The van der Waals surface area contributed by atoms with Crippen molar-refractivity contribution in [2.24, 2.45) is 0 Å². The van der Waals surface area contributed by atoms with Gasteiger partial charge in [-0.3, -0.25) is 0 Å². The highest BCUT2D eigenvalue weighted by Crippen LogP contribution is 2.21. The third-order valence-corrected chi connectivity index (χ3v) is 3.21. The lowest BCUT2D eigenvalue weighted by Crippen LogP contribution is -2.30. The number of pyridine rings is 1. The van der Waals surface area contributed by atoms with Crippen LogP contribution in [0.1, 0.15) is 12.5 Å². The van der Waals surface area contributed by atoms with Crippen LogP contribution < -0.4 is 4.57 Å². The van der Waals surface area contributed by atoms with E-state index >= 15 is 0 Å². The highest BCUT2D eigenvalue weighted by Gasteiger charge is 2.13. The van der Waals surface area contributed by atoms with Crippen molar-refractivity contribution in [3.8, 4) is 0 Å². The van der Waals surface area contributed by atoms with E-state index in [9.17, 15) is 0 Å². The van der Waals surface area contributed by atoms with Crippen LogP contribution in [0.4, 0.5) is 0 Å². The Kier molecular flexibility index (Phi) is 1.96. The quantitative estimate of drug-likeness (QED) is 0.547. The number of imidazole rings is 1. The zero-order chi connectivity index (χ0) is 11.1. The summed E-state index contributed by atoms with van der Waals surface area (Å²) < 4.78 is 4.48. The van der Waals surface area contributed by atoms with Gasteiger partial charge in [0.1, 0.15) is 12.4 Å². The number of aryl methyl sites for hydroxylation is 2. The first-order chi connectivity index (χ1) is 7.81. The van der Waals surface area contributed by atoms with Crippen molar-refractivity contribution in [2.45, 2.75) is 20.4 Å². The molecule has 2 heteroatoms. The number of fused-ring (bicyclic) bond motifs is 3. The van der Waals surface area contributed by atoms with Gasteiger partial charge in [-0.15, -0.1) is 0 Å². The Morgan fingerprint density at radius 1 is 1.19 bits per heavy atom. The molecular formula is C14H15N2+. The predicted octanol–water partition coefficient (Wildman–Crippen LogP) is 2.71. The molecule has 0 saturated heterocycles. The molecule has 0 spiro atoms. The second-order valence-corrected chi connectivity index (χ2v) is 4.17. The molecule has 0 fully saturated rings. The van der Waals surface area contributed by atoms with E-state index < -0.39 is 0 Å². The number of hydrogen-bond acceptors (Lipinski definition) is 0. The molecular weight excluding hydrogens is 196 g/mol. The molecule has 0 atom stereocenters. The average molecular weight is 211 g/mol. The third-order valence-electron chi connectivity index (χ3n) is 3.21. The molecule has 2 nitrogen and oxygen atoms in total. The largest absolute Gasteiger partial charge is 0.294 e. The molecule has 0 radical (unpaired) electrons. The van der Waals surface area contributed by atoms with Crippen LogP contribution in [-0.4, -0.2) is 4.40 Å². The summed E-state index contributed by atoms with van der Waals surface area (Å²) in [5, 5.41) is 2.67. The second kappa shape index (κ2) is 3.34. The lowest BCUT2D eigenvalue weighted by molar-refractivity contribution is -0.666. The second-order valence-electron chi connectivity index (χ2n) is 4.17. The highest BCUT2D eigenvalue weighted by atomic mass is 15.1. The van der Waals surface area contributed by atoms with E-state index in [1.54, 1.807) is 0 Å². The van der Waals surface area contributed by atoms with E-state index in [0.29, 0.717) is 0 Å². The molecule has 0 bridgehead atoms. The van der Waals surface area contributed by atoms with Crippen molar-refractivity contribution in [2.75, 3.05) is 0 Å². The van der Waals surface area contributed by atoms with E-state index in [4.69, 9.17) is 0 Å². The summed E-state index contributed by atoms with van der Waals surface area (Å²) in [5.41, 5.74) is 2.63. The molecule has 0 aliphatic heterocycles. The maximum absolute atomic E-state index is 2.29. The Morgan fingerprint density at radius 3 is 2.88 bits per heavy atom. The smallest absolute Gasteiger partial charge is 0.230 e. The topological polar surface area (TPSA) is 8.29 Å². The van der Waals surface area contributed by atoms with Crippen molar-refractivity contribution < 1.29 is 4.57 Å². The molecule has 2 aromatic heterocycles. The molecule has 0 N–H and O–H groups in total. The summed E-state index contributed by atoms with van der Waals surface area (Å²) in [5.74, 6) is 0. The van der Waals surface area contributed by atoms with Crippen molar-refractivity contribution in [1.82, 2.24) is 4.40 Å². The molecule has 80 valence electrons. The fraction of sp³-hybridized carbons (Fsp3) is 0.214. The Bertz CT molecular complexity index is 665.